The molecule has 0 atom stereocenters. The molecular weight excluding hydrogens is 250 g/mol. The lowest BCUT2D eigenvalue weighted by atomic mass is 10.2. The average Bonchev–Trinajstić information content (AvgIpc) is 2.80. The highest BCUT2D eigenvalue weighted by Crippen LogP contribution is 2.17. The topological polar surface area (TPSA) is 39.1 Å². The van der Waals surface area contributed by atoms with Crippen molar-refractivity contribution in [2.24, 2.45) is 0 Å². The van der Waals surface area contributed by atoms with Crippen LogP contribution < -0.4 is 5.32 Å². The van der Waals surface area contributed by atoms with E-state index in [2.05, 4.69) is 52.3 Å². The van der Waals surface area contributed by atoms with Gasteiger partial charge in [-0.1, -0.05) is 12.1 Å². The minimum Gasteiger partial charge on any atom is -0.382 e. The van der Waals surface area contributed by atoms with Crippen molar-refractivity contribution < 1.29 is 4.74 Å². The molecule has 0 unspecified atom stereocenters. The predicted octanol–water partition coefficient (Wildman–Crippen LogP) is 3.33. The van der Waals surface area contributed by atoms with Gasteiger partial charge in [-0.2, -0.15) is 0 Å². The summed E-state index contributed by atoms with van der Waals surface area (Å²) in [5, 5.41) is 3.38. The lowest BCUT2D eigenvalue weighted by Crippen LogP contribution is -2.10. The number of anilines is 1. The number of hydrogen-bond donors (Lipinski definition) is 1. The maximum atomic E-state index is 5.34. The molecule has 20 heavy (non-hydrogen) atoms. The van der Waals surface area contributed by atoms with Crippen LogP contribution in [0.1, 0.15) is 24.6 Å². The molecule has 0 aliphatic heterocycles. The molecule has 0 fully saturated rings. The third-order valence-corrected chi connectivity index (χ3v) is 3.06. The zero-order chi connectivity index (χ0) is 14.4. The number of ether oxygens (including phenoxy) is 1. The molecule has 0 spiro atoms. The Kier molecular flexibility index (Phi) is 5.18. The Balaban J connectivity index is 2.06. The molecule has 1 aromatic carbocycles. The van der Waals surface area contributed by atoms with Crippen molar-refractivity contribution in [3.05, 3.63) is 41.7 Å². The molecule has 2 rings (SSSR count). The minimum absolute atomic E-state index is 0.775. The first-order valence-corrected chi connectivity index (χ1v) is 7.15. The Labute approximate surface area is 120 Å². The molecule has 1 N–H and O–H groups in total. The SMILES string of the molecule is CCOCCCNc1nc(C)cn1-c1cccc(C)c1. The predicted molar refractivity (Wildman–Crippen MR) is 82.6 cm³/mol. The Bertz CT molecular complexity index is 548. The molecule has 0 aliphatic rings. The van der Waals surface area contributed by atoms with Gasteiger partial charge in [0, 0.05) is 31.6 Å². The normalized spacial score (nSPS) is 10.8. The molecule has 0 amide bonds. The van der Waals surface area contributed by atoms with Gasteiger partial charge in [-0.05, 0) is 44.9 Å². The monoisotopic (exact) mass is 273 g/mol. The van der Waals surface area contributed by atoms with E-state index in [1.54, 1.807) is 0 Å². The summed E-state index contributed by atoms with van der Waals surface area (Å²) in [5.74, 6) is 0.893. The van der Waals surface area contributed by atoms with E-state index < -0.39 is 0 Å². The van der Waals surface area contributed by atoms with Crippen LogP contribution in [-0.4, -0.2) is 29.3 Å². The first kappa shape index (κ1) is 14.6. The van der Waals surface area contributed by atoms with Crippen LogP contribution in [0.2, 0.25) is 0 Å². The van der Waals surface area contributed by atoms with Crippen molar-refractivity contribution in [1.82, 2.24) is 9.55 Å². The van der Waals surface area contributed by atoms with E-state index in [1.807, 2.05) is 13.8 Å². The van der Waals surface area contributed by atoms with E-state index in [0.29, 0.717) is 0 Å². The molecule has 0 saturated heterocycles. The third kappa shape index (κ3) is 3.84. The maximum absolute atomic E-state index is 5.34. The van der Waals surface area contributed by atoms with Gasteiger partial charge < -0.3 is 10.1 Å². The van der Waals surface area contributed by atoms with Crippen molar-refractivity contribution in [2.45, 2.75) is 27.2 Å². The molecule has 4 nitrogen and oxygen atoms in total. The largest absolute Gasteiger partial charge is 0.382 e. The van der Waals surface area contributed by atoms with E-state index in [1.165, 1.54) is 5.56 Å². The van der Waals surface area contributed by atoms with E-state index in [4.69, 9.17) is 4.74 Å². The van der Waals surface area contributed by atoms with E-state index in [9.17, 15) is 0 Å². The summed E-state index contributed by atoms with van der Waals surface area (Å²) in [6.45, 7) is 8.55. The van der Waals surface area contributed by atoms with Crippen LogP contribution in [0.4, 0.5) is 5.95 Å². The second-order valence-electron chi connectivity index (χ2n) is 4.89. The average molecular weight is 273 g/mol. The fraction of sp³-hybridized carbons (Fsp3) is 0.438. The quantitative estimate of drug-likeness (QED) is 0.786. The van der Waals surface area contributed by atoms with Crippen LogP contribution in [0.5, 0.6) is 0 Å². The van der Waals surface area contributed by atoms with Gasteiger partial charge in [0.2, 0.25) is 5.95 Å². The van der Waals surface area contributed by atoms with Gasteiger partial charge >= 0.3 is 0 Å². The third-order valence-electron chi connectivity index (χ3n) is 3.06. The van der Waals surface area contributed by atoms with Crippen molar-refractivity contribution in [3.63, 3.8) is 0 Å². The molecule has 0 radical (unpaired) electrons. The zero-order valence-corrected chi connectivity index (χ0v) is 12.5. The second-order valence-corrected chi connectivity index (χ2v) is 4.89. The fourth-order valence-corrected chi connectivity index (χ4v) is 2.12. The zero-order valence-electron chi connectivity index (χ0n) is 12.5. The van der Waals surface area contributed by atoms with Crippen LogP contribution in [0.15, 0.2) is 30.5 Å². The first-order valence-electron chi connectivity index (χ1n) is 7.15. The highest BCUT2D eigenvalue weighted by Gasteiger charge is 2.07. The molecular formula is C16H23N3O. The summed E-state index contributed by atoms with van der Waals surface area (Å²) in [6, 6.07) is 8.42. The maximum Gasteiger partial charge on any atom is 0.207 e. The molecule has 1 aromatic heterocycles. The van der Waals surface area contributed by atoms with Crippen molar-refractivity contribution in [2.75, 3.05) is 25.1 Å². The van der Waals surface area contributed by atoms with Gasteiger partial charge in [0.15, 0.2) is 0 Å². The van der Waals surface area contributed by atoms with Crippen LogP contribution in [0, 0.1) is 13.8 Å². The van der Waals surface area contributed by atoms with E-state index in [-0.39, 0.29) is 0 Å². The van der Waals surface area contributed by atoms with Crippen LogP contribution in [0.25, 0.3) is 5.69 Å². The van der Waals surface area contributed by atoms with Gasteiger partial charge in [-0.25, -0.2) is 4.98 Å². The summed E-state index contributed by atoms with van der Waals surface area (Å²) in [6.07, 6.45) is 3.03. The van der Waals surface area contributed by atoms with Gasteiger partial charge in [0.25, 0.3) is 0 Å². The first-order chi connectivity index (χ1) is 9.70. The summed E-state index contributed by atoms with van der Waals surface area (Å²) in [4.78, 5) is 4.55. The summed E-state index contributed by atoms with van der Waals surface area (Å²) in [5.41, 5.74) is 3.40. The van der Waals surface area contributed by atoms with Gasteiger partial charge in [0.05, 0.1) is 5.69 Å². The van der Waals surface area contributed by atoms with Crippen LogP contribution in [-0.2, 0) is 4.74 Å². The van der Waals surface area contributed by atoms with Crippen molar-refractivity contribution >= 4 is 5.95 Å². The number of imidazole rings is 1. The number of nitrogens with zero attached hydrogens (tertiary/aromatic N) is 2. The number of rotatable bonds is 7. The molecule has 2 aromatic rings. The van der Waals surface area contributed by atoms with Crippen LogP contribution in [0.3, 0.4) is 0 Å². The van der Waals surface area contributed by atoms with Gasteiger partial charge in [-0.15, -0.1) is 0 Å². The lowest BCUT2D eigenvalue weighted by Gasteiger charge is -2.10. The van der Waals surface area contributed by atoms with Gasteiger partial charge in [0.1, 0.15) is 0 Å². The Morgan fingerprint density at radius 2 is 2.15 bits per heavy atom. The van der Waals surface area contributed by atoms with Crippen molar-refractivity contribution in [3.8, 4) is 5.69 Å². The number of benzene rings is 1. The number of aromatic nitrogens is 2. The Morgan fingerprint density at radius 3 is 2.90 bits per heavy atom. The number of hydrogen-bond acceptors (Lipinski definition) is 3. The van der Waals surface area contributed by atoms with Crippen molar-refractivity contribution in [1.29, 1.82) is 0 Å². The molecule has 108 valence electrons. The summed E-state index contributed by atoms with van der Waals surface area (Å²) in [7, 11) is 0. The molecule has 1 heterocycles. The molecule has 4 heteroatoms. The minimum atomic E-state index is 0.775. The van der Waals surface area contributed by atoms with Crippen LogP contribution >= 0.6 is 0 Å². The second kappa shape index (κ2) is 7.10. The van der Waals surface area contributed by atoms with E-state index in [0.717, 1.165) is 43.5 Å². The molecule has 0 aliphatic carbocycles. The smallest absolute Gasteiger partial charge is 0.207 e. The summed E-state index contributed by atoms with van der Waals surface area (Å²) < 4.78 is 7.44. The summed E-state index contributed by atoms with van der Waals surface area (Å²) >= 11 is 0. The number of aryl methyl sites for hydroxylation is 2. The Morgan fingerprint density at radius 1 is 1.30 bits per heavy atom. The Hall–Kier alpha value is -1.81. The molecule has 0 saturated carbocycles. The highest BCUT2D eigenvalue weighted by molar-refractivity contribution is 5.44. The lowest BCUT2D eigenvalue weighted by molar-refractivity contribution is 0.147. The molecule has 0 bridgehead atoms. The van der Waals surface area contributed by atoms with Gasteiger partial charge in [-0.3, -0.25) is 4.57 Å². The fourth-order valence-electron chi connectivity index (χ4n) is 2.12. The standard InChI is InChI=1S/C16H23N3O/c1-4-20-10-6-9-17-16-18-14(3)12-19(16)15-8-5-7-13(2)11-15/h5,7-8,11-12H,4,6,9-10H2,1-3H3,(H,17,18). The van der Waals surface area contributed by atoms with E-state index >= 15 is 0 Å². The highest BCUT2D eigenvalue weighted by atomic mass is 16.5. The number of nitrogens with one attached hydrogen (secondary N) is 1.